The summed E-state index contributed by atoms with van der Waals surface area (Å²) in [6.07, 6.45) is 1.29. The van der Waals surface area contributed by atoms with Gasteiger partial charge < -0.3 is 15.0 Å². The average molecular weight is 648 g/mol. The number of hydrogen-bond donors (Lipinski definition) is 1. The molecule has 0 unspecified atom stereocenters. The Morgan fingerprint density at radius 3 is 1.93 bits per heavy atom. The third kappa shape index (κ3) is 10.1. The van der Waals surface area contributed by atoms with E-state index in [-0.39, 0.29) is 24.9 Å². The summed E-state index contributed by atoms with van der Waals surface area (Å²) in [7, 11) is -3.89. The third-order valence-corrected chi connectivity index (χ3v) is 8.41. The summed E-state index contributed by atoms with van der Waals surface area (Å²) in [5.74, 6) is -0.304. The minimum Gasteiger partial charge on any atom is -0.489 e. The maximum absolute atomic E-state index is 14.2. The number of sulfonamides is 1. The number of benzene rings is 4. The van der Waals surface area contributed by atoms with Gasteiger partial charge in [-0.2, -0.15) is 0 Å². The highest BCUT2D eigenvalue weighted by molar-refractivity contribution is 7.92. The van der Waals surface area contributed by atoms with E-state index >= 15 is 0 Å². The van der Waals surface area contributed by atoms with Crippen molar-refractivity contribution >= 4 is 39.1 Å². The van der Waals surface area contributed by atoms with Gasteiger partial charge in [0.2, 0.25) is 21.8 Å². The van der Waals surface area contributed by atoms with Crippen molar-refractivity contribution in [2.75, 3.05) is 17.1 Å². The Morgan fingerprint density at radius 2 is 1.38 bits per heavy atom. The van der Waals surface area contributed by atoms with Crippen molar-refractivity contribution in [2.24, 2.45) is 0 Å². The van der Waals surface area contributed by atoms with Crippen LogP contribution >= 0.6 is 11.6 Å². The van der Waals surface area contributed by atoms with Crippen LogP contribution in [-0.2, 0) is 39.2 Å². The van der Waals surface area contributed by atoms with E-state index in [0.29, 0.717) is 23.1 Å². The highest BCUT2D eigenvalue weighted by Crippen LogP contribution is 2.24. The van der Waals surface area contributed by atoms with Crippen molar-refractivity contribution in [2.45, 2.75) is 45.5 Å². The molecule has 4 aromatic rings. The number of carbonyl (C=O) groups is 2. The molecule has 4 rings (SSSR count). The summed E-state index contributed by atoms with van der Waals surface area (Å²) in [6, 6.07) is 31.5. The fraction of sp³-hybridized carbons (Fsp3) is 0.257. The maximum Gasteiger partial charge on any atom is 0.244 e. The van der Waals surface area contributed by atoms with Gasteiger partial charge in [-0.15, -0.1) is 0 Å². The molecular weight excluding hydrogens is 610 g/mol. The molecule has 0 bridgehead atoms. The van der Waals surface area contributed by atoms with E-state index < -0.39 is 28.5 Å². The van der Waals surface area contributed by atoms with E-state index in [4.69, 9.17) is 16.3 Å². The standard InChI is InChI=1S/C35H38ClN3O5S/c1-26(2)37-35(41)33(22-27-10-6-4-7-11-27)38(23-28-14-16-30(36)17-15-28)34(40)24-39(45(3,42)43)31-18-20-32(21-19-31)44-25-29-12-8-5-9-13-29/h4-21,26,33H,22-25H2,1-3H3,(H,37,41)/t33-/m0/s1. The fourth-order valence-corrected chi connectivity index (χ4v) is 5.76. The smallest absolute Gasteiger partial charge is 0.244 e. The molecule has 1 N–H and O–H groups in total. The number of nitrogens with one attached hydrogen (secondary N) is 1. The van der Waals surface area contributed by atoms with Crippen molar-refractivity contribution in [3.63, 3.8) is 0 Å². The fourth-order valence-electron chi connectivity index (χ4n) is 4.78. The topological polar surface area (TPSA) is 96.0 Å². The molecule has 45 heavy (non-hydrogen) atoms. The molecule has 10 heteroatoms. The molecule has 0 aliphatic carbocycles. The monoisotopic (exact) mass is 647 g/mol. The second-order valence-electron chi connectivity index (χ2n) is 11.1. The first kappa shape index (κ1) is 33.6. The minimum absolute atomic E-state index is 0.0723. The molecule has 0 spiro atoms. The summed E-state index contributed by atoms with van der Waals surface area (Å²) >= 11 is 6.11. The summed E-state index contributed by atoms with van der Waals surface area (Å²) in [5.41, 5.74) is 2.91. The molecule has 0 saturated carbocycles. The summed E-state index contributed by atoms with van der Waals surface area (Å²) in [5, 5.41) is 3.48. The van der Waals surface area contributed by atoms with Crippen LogP contribution in [0.2, 0.25) is 5.02 Å². The van der Waals surface area contributed by atoms with Gasteiger partial charge in [-0.1, -0.05) is 84.4 Å². The maximum atomic E-state index is 14.2. The van der Waals surface area contributed by atoms with Crippen LogP contribution in [0, 0.1) is 0 Å². The van der Waals surface area contributed by atoms with E-state index in [0.717, 1.165) is 27.3 Å². The number of ether oxygens (including phenoxy) is 1. The minimum atomic E-state index is -3.89. The lowest BCUT2D eigenvalue weighted by Crippen LogP contribution is -2.54. The highest BCUT2D eigenvalue weighted by Gasteiger charge is 2.33. The zero-order chi connectivity index (χ0) is 32.4. The van der Waals surface area contributed by atoms with Crippen molar-refractivity contribution < 1.29 is 22.7 Å². The van der Waals surface area contributed by atoms with Crippen LogP contribution in [0.4, 0.5) is 5.69 Å². The van der Waals surface area contributed by atoms with Gasteiger partial charge in [0.25, 0.3) is 0 Å². The lowest BCUT2D eigenvalue weighted by molar-refractivity contribution is -0.140. The Bertz CT molecular complexity index is 1650. The Kier molecular flexibility index (Phi) is 11.6. The van der Waals surface area contributed by atoms with Gasteiger partial charge in [-0.05, 0) is 66.9 Å². The molecule has 0 heterocycles. The summed E-state index contributed by atoms with van der Waals surface area (Å²) in [6.45, 7) is 3.62. The number of carbonyl (C=O) groups excluding carboxylic acids is 2. The number of amides is 2. The van der Waals surface area contributed by atoms with Crippen LogP contribution < -0.4 is 14.4 Å². The van der Waals surface area contributed by atoms with Crippen LogP contribution in [0.25, 0.3) is 0 Å². The number of hydrogen-bond acceptors (Lipinski definition) is 5. The summed E-state index contributed by atoms with van der Waals surface area (Å²) in [4.78, 5) is 29.3. The lowest BCUT2D eigenvalue weighted by Gasteiger charge is -2.34. The predicted molar refractivity (Wildman–Crippen MR) is 179 cm³/mol. The number of anilines is 1. The molecule has 236 valence electrons. The van der Waals surface area contributed by atoms with Crippen LogP contribution in [0.1, 0.15) is 30.5 Å². The van der Waals surface area contributed by atoms with Crippen LogP contribution in [0.3, 0.4) is 0 Å². The zero-order valence-corrected chi connectivity index (χ0v) is 27.2. The van der Waals surface area contributed by atoms with E-state index in [9.17, 15) is 18.0 Å². The normalized spacial score (nSPS) is 11.9. The molecular formula is C35H38ClN3O5S. The van der Waals surface area contributed by atoms with Crippen LogP contribution in [-0.4, -0.2) is 50.0 Å². The molecule has 0 aliphatic heterocycles. The Hall–Kier alpha value is -4.34. The van der Waals surface area contributed by atoms with Crippen LogP contribution in [0.15, 0.2) is 109 Å². The number of halogens is 1. The first-order valence-electron chi connectivity index (χ1n) is 14.6. The second-order valence-corrected chi connectivity index (χ2v) is 13.4. The molecule has 0 aliphatic rings. The molecule has 2 amide bonds. The quantitative estimate of drug-likeness (QED) is 0.185. The van der Waals surface area contributed by atoms with E-state index in [1.54, 1.807) is 48.5 Å². The number of nitrogens with zero attached hydrogens (tertiary/aromatic N) is 2. The molecule has 0 radical (unpaired) electrons. The van der Waals surface area contributed by atoms with Crippen molar-refractivity contribution in [1.29, 1.82) is 0 Å². The molecule has 1 atom stereocenters. The molecule has 8 nitrogen and oxygen atoms in total. The van der Waals surface area contributed by atoms with E-state index in [1.807, 2.05) is 74.5 Å². The van der Waals surface area contributed by atoms with Gasteiger partial charge in [0.1, 0.15) is 24.9 Å². The van der Waals surface area contributed by atoms with Crippen LogP contribution in [0.5, 0.6) is 5.75 Å². The molecule has 0 aromatic heterocycles. The van der Waals surface area contributed by atoms with Crippen molar-refractivity contribution in [3.8, 4) is 5.75 Å². The van der Waals surface area contributed by atoms with Gasteiger partial charge in [-0.3, -0.25) is 13.9 Å². The van der Waals surface area contributed by atoms with Gasteiger partial charge in [0, 0.05) is 24.0 Å². The van der Waals surface area contributed by atoms with E-state index in [1.165, 1.54) is 4.90 Å². The highest BCUT2D eigenvalue weighted by atomic mass is 35.5. The Balaban J connectivity index is 1.63. The van der Waals surface area contributed by atoms with Crippen molar-refractivity contribution in [3.05, 3.63) is 131 Å². The first-order chi connectivity index (χ1) is 21.5. The van der Waals surface area contributed by atoms with Gasteiger partial charge in [0.15, 0.2) is 0 Å². The van der Waals surface area contributed by atoms with E-state index in [2.05, 4.69) is 5.32 Å². The largest absolute Gasteiger partial charge is 0.489 e. The van der Waals surface area contributed by atoms with Crippen molar-refractivity contribution in [1.82, 2.24) is 10.2 Å². The molecule has 0 saturated heterocycles. The lowest BCUT2D eigenvalue weighted by atomic mass is 10.0. The Morgan fingerprint density at radius 1 is 0.800 bits per heavy atom. The van der Waals surface area contributed by atoms with Gasteiger partial charge >= 0.3 is 0 Å². The zero-order valence-electron chi connectivity index (χ0n) is 25.6. The summed E-state index contributed by atoms with van der Waals surface area (Å²) < 4.78 is 33.0. The number of rotatable bonds is 14. The first-order valence-corrected chi connectivity index (χ1v) is 16.8. The second kappa shape index (κ2) is 15.6. The van der Waals surface area contributed by atoms with Gasteiger partial charge in [-0.25, -0.2) is 8.42 Å². The third-order valence-electron chi connectivity index (χ3n) is 7.02. The SMILES string of the molecule is CC(C)NC(=O)[C@H](Cc1ccccc1)N(Cc1ccc(Cl)cc1)C(=O)CN(c1ccc(OCc2ccccc2)cc1)S(C)(=O)=O. The molecule has 0 fully saturated rings. The Labute approximate surface area is 270 Å². The molecule has 4 aromatic carbocycles. The average Bonchev–Trinajstić information content (AvgIpc) is 3.02. The predicted octanol–water partition coefficient (Wildman–Crippen LogP) is 5.85. The van der Waals surface area contributed by atoms with Gasteiger partial charge in [0.05, 0.1) is 11.9 Å².